The van der Waals surface area contributed by atoms with Gasteiger partial charge in [-0.1, -0.05) is 30.3 Å². The second-order valence-corrected chi connectivity index (χ2v) is 6.93. The Labute approximate surface area is 163 Å². The molecule has 1 saturated heterocycles. The maximum atomic E-state index is 12.7. The molecule has 7 heteroatoms. The molecule has 0 spiro atoms. The van der Waals surface area contributed by atoms with Crippen LogP contribution in [0.5, 0.6) is 0 Å². The van der Waals surface area contributed by atoms with Gasteiger partial charge >= 0.3 is 0 Å². The average Bonchev–Trinajstić information content (AvgIpc) is 3.40. The van der Waals surface area contributed by atoms with Crippen LogP contribution in [0.15, 0.2) is 48.9 Å². The van der Waals surface area contributed by atoms with E-state index >= 15 is 0 Å². The molecule has 1 amide bonds. The van der Waals surface area contributed by atoms with Crippen LogP contribution in [0, 0.1) is 0 Å². The van der Waals surface area contributed by atoms with Gasteiger partial charge in [-0.25, -0.2) is 9.97 Å². The maximum absolute atomic E-state index is 12.7. The summed E-state index contributed by atoms with van der Waals surface area (Å²) in [5.74, 6) is -0.0776. The first-order chi connectivity index (χ1) is 13.7. The van der Waals surface area contributed by atoms with Gasteiger partial charge in [-0.2, -0.15) is 0 Å². The number of ether oxygens (including phenoxy) is 2. The molecule has 0 saturated carbocycles. The highest BCUT2D eigenvalue weighted by molar-refractivity contribution is 5.96. The zero-order valence-corrected chi connectivity index (χ0v) is 16.0. The summed E-state index contributed by atoms with van der Waals surface area (Å²) in [6.45, 7) is 2.60. The Bertz CT molecular complexity index is 935. The van der Waals surface area contributed by atoms with Crippen molar-refractivity contribution in [3.05, 3.63) is 60.0 Å². The van der Waals surface area contributed by atoms with Crippen molar-refractivity contribution in [3.8, 4) is 0 Å². The van der Waals surface area contributed by atoms with E-state index in [2.05, 4.69) is 22.1 Å². The molecule has 4 rings (SSSR count). The quantitative estimate of drug-likeness (QED) is 0.630. The molecule has 2 aromatic heterocycles. The maximum Gasteiger partial charge on any atom is 0.255 e. The number of rotatable bonds is 7. The lowest BCUT2D eigenvalue weighted by atomic mass is 10.1. The molecule has 1 fully saturated rings. The highest BCUT2D eigenvalue weighted by atomic mass is 16.7. The van der Waals surface area contributed by atoms with Crippen LogP contribution in [0.25, 0.3) is 11.2 Å². The summed E-state index contributed by atoms with van der Waals surface area (Å²) in [6, 6.07) is 12.1. The van der Waals surface area contributed by atoms with Crippen molar-refractivity contribution in [1.29, 1.82) is 0 Å². The largest absolute Gasteiger partial charge is 0.350 e. The summed E-state index contributed by atoms with van der Waals surface area (Å²) < 4.78 is 12.9. The van der Waals surface area contributed by atoms with Crippen LogP contribution >= 0.6 is 0 Å². The second kappa shape index (κ2) is 8.50. The Morgan fingerprint density at radius 1 is 1.21 bits per heavy atom. The predicted molar refractivity (Wildman–Crippen MR) is 105 cm³/mol. The van der Waals surface area contributed by atoms with Crippen LogP contribution in [0.2, 0.25) is 0 Å². The average molecular weight is 380 g/mol. The van der Waals surface area contributed by atoms with Gasteiger partial charge in [-0.3, -0.25) is 4.79 Å². The van der Waals surface area contributed by atoms with Crippen LogP contribution in [0.4, 0.5) is 0 Å². The van der Waals surface area contributed by atoms with Crippen molar-refractivity contribution >= 4 is 17.1 Å². The Balaban J connectivity index is 1.40. The summed E-state index contributed by atoms with van der Waals surface area (Å²) in [7, 11) is 1.78. The molecule has 3 aromatic rings. The third kappa shape index (κ3) is 4.21. The van der Waals surface area contributed by atoms with E-state index in [0.29, 0.717) is 31.7 Å². The minimum Gasteiger partial charge on any atom is -0.350 e. The monoisotopic (exact) mass is 380 g/mol. The van der Waals surface area contributed by atoms with Gasteiger partial charge in [0, 0.05) is 32.8 Å². The molecular weight excluding hydrogens is 356 g/mol. The Morgan fingerprint density at radius 2 is 2.00 bits per heavy atom. The van der Waals surface area contributed by atoms with Gasteiger partial charge in [0.05, 0.1) is 25.1 Å². The van der Waals surface area contributed by atoms with E-state index in [1.54, 1.807) is 24.5 Å². The zero-order chi connectivity index (χ0) is 19.3. The van der Waals surface area contributed by atoms with E-state index in [4.69, 9.17) is 9.47 Å². The molecule has 28 heavy (non-hydrogen) atoms. The summed E-state index contributed by atoms with van der Waals surface area (Å²) in [6.07, 6.45) is 4.77. The number of nitrogens with zero attached hydrogens (tertiary/aromatic N) is 4. The molecule has 0 bridgehead atoms. The molecular formula is C21H24N4O3. The number of carbonyl (C=O) groups excluding carboxylic acids is 1. The molecule has 0 atom stereocenters. The third-order valence-corrected chi connectivity index (χ3v) is 4.92. The van der Waals surface area contributed by atoms with Gasteiger partial charge < -0.3 is 18.9 Å². The lowest BCUT2D eigenvalue weighted by Gasteiger charge is -2.18. The Morgan fingerprint density at radius 3 is 2.79 bits per heavy atom. The van der Waals surface area contributed by atoms with Crippen molar-refractivity contribution in [2.45, 2.75) is 25.7 Å². The van der Waals surface area contributed by atoms with Gasteiger partial charge in [0.25, 0.3) is 5.91 Å². The summed E-state index contributed by atoms with van der Waals surface area (Å²) in [4.78, 5) is 23.3. The number of benzene rings is 1. The highest BCUT2D eigenvalue weighted by Gasteiger charge is 2.19. The normalized spacial score (nSPS) is 14.6. The number of aryl methyl sites for hydroxylation is 2. The SMILES string of the molecule is CN(CCC1OCCO1)C(=O)c1cnc2c(c1)ncn2CCc1ccccc1. The van der Waals surface area contributed by atoms with Gasteiger partial charge in [0.15, 0.2) is 11.9 Å². The van der Waals surface area contributed by atoms with E-state index < -0.39 is 0 Å². The molecule has 0 unspecified atom stereocenters. The summed E-state index contributed by atoms with van der Waals surface area (Å²) in [5.41, 5.74) is 3.34. The minimum absolute atomic E-state index is 0.0776. The summed E-state index contributed by atoms with van der Waals surface area (Å²) >= 11 is 0. The van der Waals surface area contributed by atoms with Gasteiger partial charge in [0.2, 0.25) is 0 Å². The van der Waals surface area contributed by atoms with E-state index in [1.165, 1.54) is 5.56 Å². The van der Waals surface area contributed by atoms with Gasteiger partial charge in [-0.05, 0) is 18.1 Å². The van der Waals surface area contributed by atoms with Crippen molar-refractivity contribution < 1.29 is 14.3 Å². The lowest BCUT2D eigenvalue weighted by molar-refractivity contribution is -0.0494. The highest BCUT2D eigenvalue weighted by Crippen LogP contribution is 2.15. The van der Waals surface area contributed by atoms with E-state index in [1.807, 2.05) is 28.8 Å². The number of pyridine rings is 1. The van der Waals surface area contributed by atoms with Crippen LogP contribution in [-0.4, -0.2) is 58.4 Å². The van der Waals surface area contributed by atoms with Crippen molar-refractivity contribution in [2.24, 2.45) is 0 Å². The zero-order valence-electron chi connectivity index (χ0n) is 16.0. The number of hydrogen-bond acceptors (Lipinski definition) is 5. The summed E-state index contributed by atoms with van der Waals surface area (Å²) in [5, 5.41) is 0. The number of aromatic nitrogens is 3. The molecule has 0 radical (unpaired) electrons. The van der Waals surface area contributed by atoms with Crippen molar-refractivity contribution in [3.63, 3.8) is 0 Å². The molecule has 1 aliphatic rings. The number of carbonyl (C=O) groups is 1. The number of amides is 1. The van der Waals surface area contributed by atoms with E-state index in [9.17, 15) is 4.79 Å². The molecule has 0 aliphatic carbocycles. The Hall–Kier alpha value is -2.77. The van der Waals surface area contributed by atoms with Crippen LogP contribution < -0.4 is 0 Å². The fourth-order valence-electron chi connectivity index (χ4n) is 3.32. The smallest absolute Gasteiger partial charge is 0.255 e. The van der Waals surface area contributed by atoms with Crippen LogP contribution in [-0.2, 0) is 22.4 Å². The molecule has 7 nitrogen and oxygen atoms in total. The van der Waals surface area contributed by atoms with Crippen LogP contribution in [0.3, 0.4) is 0 Å². The first kappa shape index (κ1) is 18.6. The molecule has 1 aliphatic heterocycles. The molecule has 3 heterocycles. The first-order valence-corrected chi connectivity index (χ1v) is 9.54. The standard InChI is InChI=1S/C21H24N4O3/c1-24(9-8-19-27-11-12-28-19)21(26)17-13-18-20(22-14-17)25(15-23-18)10-7-16-5-3-2-4-6-16/h2-6,13-15,19H,7-12H2,1H3. The van der Waals surface area contributed by atoms with Gasteiger partial charge in [0.1, 0.15) is 5.52 Å². The topological polar surface area (TPSA) is 69.5 Å². The van der Waals surface area contributed by atoms with E-state index in [0.717, 1.165) is 24.1 Å². The Kier molecular flexibility index (Phi) is 5.64. The molecule has 1 aromatic carbocycles. The fourth-order valence-corrected chi connectivity index (χ4v) is 3.32. The van der Waals surface area contributed by atoms with Gasteiger partial charge in [-0.15, -0.1) is 0 Å². The minimum atomic E-state index is -0.212. The van der Waals surface area contributed by atoms with Crippen molar-refractivity contribution in [2.75, 3.05) is 26.8 Å². The number of hydrogen-bond donors (Lipinski definition) is 0. The molecule has 146 valence electrons. The molecule has 0 N–H and O–H groups in total. The first-order valence-electron chi connectivity index (χ1n) is 9.54. The fraction of sp³-hybridized carbons (Fsp3) is 0.381. The van der Waals surface area contributed by atoms with E-state index in [-0.39, 0.29) is 12.2 Å². The lowest BCUT2D eigenvalue weighted by Crippen LogP contribution is -2.30. The van der Waals surface area contributed by atoms with Crippen LogP contribution in [0.1, 0.15) is 22.3 Å². The predicted octanol–water partition coefficient (Wildman–Crippen LogP) is 2.51. The second-order valence-electron chi connectivity index (χ2n) is 6.93. The van der Waals surface area contributed by atoms with Crippen molar-refractivity contribution in [1.82, 2.24) is 19.4 Å². The number of fused-ring (bicyclic) bond motifs is 1. The number of imidazole rings is 1. The third-order valence-electron chi connectivity index (χ3n) is 4.92.